The Kier molecular flexibility index (Phi) is 4.80. The lowest BCUT2D eigenvalue weighted by atomic mass is 10.1. The van der Waals surface area contributed by atoms with Crippen LogP contribution in [-0.4, -0.2) is 32.2 Å². The van der Waals surface area contributed by atoms with Crippen molar-refractivity contribution in [3.63, 3.8) is 0 Å². The smallest absolute Gasteiger partial charge is 0.242 e. The second-order valence-electron chi connectivity index (χ2n) is 4.99. The molecule has 1 aromatic carbocycles. The number of benzene rings is 1. The SMILES string of the molecule is COCCNC(=O)C(C)Nc1ccc2c(c1)CCC2. The standard InChI is InChI=1S/C15H22N2O2/c1-11(15(18)16-8-9-19-2)17-14-7-6-12-4-3-5-13(12)10-14/h6-7,10-11,17H,3-5,8-9H2,1-2H3,(H,16,18). The zero-order chi connectivity index (χ0) is 13.7. The molecule has 0 bridgehead atoms. The van der Waals surface area contributed by atoms with Gasteiger partial charge in [-0.2, -0.15) is 0 Å². The van der Waals surface area contributed by atoms with Gasteiger partial charge < -0.3 is 15.4 Å². The van der Waals surface area contributed by atoms with Crippen molar-refractivity contribution >= 4 is 11.6 Å². The number of carbonyl (C=O) groups excluding carboxylic acids is 1. The van der Waals surface area contributed by atoms with E-state index < -0.39 is 0 Å². The van der Waals surface area contributed by atoms with Crippen molar-refractivity contribution in [1.82, 2.24) is 5.32 Å². The first kappa shape index (κ1) is 13.9. The van der Waals surface area contributed by atoms with Gasteiger partial charge in [0.05, 0.1) is 6.61 Å². The van der Waals surface area contributed by atoms with E-state index in [0.717, 1.165) is 12.1 Å². The topological polar surface area (TPSA) is 50.4 Å². The van der Waals surface area contributed by atoms with E-state index in [-0.39, 0.29) is 11.9 Å². The number of amides is 1. The largest absolute Gasteiger partial charge is 0.383 e. The molecule has 4 nitrogen and oxygen atoms in total. The highest BCUT2D eigenvalue weighted by atomic mass is 16.5. The van der Waals surface area contributed by atoms with Crippen molar-refractivity contribution in [3.05, 3.63) is 29.3 Å². The molecule has 2 N–H and O–H groups in total. The molecule has 1 aliphatic carbocycles. The Labute approximate surface area is 114 Å². The fourth-order valence-corrected chi connectivity index (χ4v) is 2.41. The first-order valence-electron chi connectivity index (χ1n) is 6.85. The molecule has 0 saturated heterocycles. The van der Waals surface area contributed by atoms with E-state index in [0.29, 0.717) is 13.2 Å². The fraction of sp³-hybridized carbons (Fsp3) is 0.533. The van der Waals surface area contributed by atoms with Crippen molar-refractivity contribution in [3.8, 4) is 0 Å². The molecule has 0 aliphatic heterocycles. The summed E-state index contributed by atoms with van der Waals surface area (Å²) in [5.41, 5.74) is 3.88. The average molecular weight is 262 g/mol. The Morgan fingerprint density at radius 2 is 2.16 bits per heavy atom. The maximum absolute atomic E-state index is 11.8. The van der Waals surface area contributed by atoms with E-state index >= 15 is 0 Å². The Balaban J connectivity index is 1.88. The van der Waals surface area contributed by atoms with Crippen LogP contribution in [0.1, 0.15) is 24.5 Å². The van der Waals surface area contributed by atoms with Crippen molar-refractivity contribution in [1.29, 1.82) is 0 Å². The van der Waals surface area contributed by atoms with Crippen LogP contribution in [0.15, 0.2) is 18.2 Å². The highest BCUT2D eigenvalue weighted by Crippen LogP contribution is 2.25. The molecular weight excluding hydrogens is 240 g/mol. The molecular formula is C15H22N2O2. The van der Waals surface area contributed by atoms with Crippen LogP contribution in [-0.2, 0) is 22.4 Å². The monoisotopic (exact) mass is 262 g/mol. The van der Waals surface area contributed by atoms with Gasteiger partial charge in [-0.3, -0.25) is 4.79 Å². The predicted octanol–water partition coefficient (Wildman–Crippen LogP) is 1.74. The molecule has 1 aliphatic rings. The van der Waals surface area contributed by atoms with Crippen molar-refractivity contribution < 1.29 is 9.53 Å². The average Bonchev–Trinajstić information content (AvgIpc) is 2.86. The number of anilines is 1. The minimum absolute atomic E-state index is 0.00227. The van der Waals surface area contributed by atoms with E-state index in [1.807, 2.05) is 6.92 Å². The van der Waals surface area contributed by atoms with Gasteiger partial charge in [0, 0.05) is 19.3 Å². The van der Waals surface area contributed by atoms with Crippen molar-refractivity contribution in [2.45, 2.75) is 32.2 Å². The van der Waals surface area contributed by atoms with E-state index in [4.69, 9.17) is 4.74 Å². The van der Waals surface area contributed by atoms with E-state index in [1.54, 1.807) is 7.11 Å². The fourth-order valence-electron chi connectivity index (χ4n) is 2.41. The number of ether oxygens (including phenoxy) is 1. The molecule has 1 unspecified atom stereocenters. The quantitative estimate of drug-likeness (QED) is 0.768. The van der Waals surface area contributed by atoms with Crippen LogP contribution in [0.4, 0.5) is 5.69 Å². The minimum Gasteiger partial charge on any atom is -0.383 e. The number of hydrogen-bond acceptors (Lipinski definition) is 3. The van der Waals surface area contributed by atoms with E-state index in [1.165, 1.54) is 24.0 Å². The molecule has 1 atom stereocenters. The summed E-state index contributed by atoms with van der Waals surface area (Å²) in [5, 5.41) is 6.07. The zero-order valence-corrected chi connectivity index (χ0v) is 11.7. The van der Waals surface area contributed by atoms with Crippen LogP contribution in [0.2, 0.25) is 0 Å². The highest BCUT2D eigenvalue weighted by Gasteiger charge is 2.14. The Hall–Kier alpha value is -1.55. The minimum atomic E-state index is -0.240. The summed E-state index contributed by atoms with van der Waals surface area (Å²) in [6.07, 6.45) is 3.58. The molecule has 0 saturated carbocycles. The van der Waals surface area contributed by atoms with Crippen LogP contribution in [0.25, 0.3) is 0 Å². The molecule has 4 heteroatoms. The number of rotatable bonds is 6. The lowest BCUT2D eigenvalue weighted by molar-refractivity contribution is -0.121. The zero-order valence-electron chi connectivity index (χ0n) is 11.7. The first-order valence-corrected chi connectivity index (χ1v) is 6.85. The molecule has 0 heterocycles. The van der Waals surface area contributed by atoms with Gasteiger partial charge in [-0.1, -0.05) is 6.07 Å². The molecule has 1 aromatic rings. The molecule has 19 heavy (non-hydrogen) atoms. The van der Waals surface area contributed by atoms with Gasteiger partial charge in [-0.05, 0) is 49.4 Å². The van der Waals surface area contributed by atoms with Gasteiger partial charge in [0.15, 0.2) is 0 Å². The summed E-state index contributed by atoms with van der Waals surface area (Å²) in [7, 11) is 1.62. The van der Waals surface area contributed by atoms with Gasteiger partial charge >= 0.3 is 0 Å². The van der Waals surface area contributed by atoms with Crippen LogP contribution >= 0.6 is 0 Å². The van der Waals surface area contributed by atoms with E-state index in [2.05, 4.69) is 28.8 Å². The van der Waals surface area contributed by atoms with Crippen LogP contribution in [0.5, 0.6) is 0 Å². The summed E-state index contributed by atoms with van der Waals surface area (Å²) in [6.45, 7) is 2.96. The molecule has 2 rings (SSSR count). The third-order valence-electron chi connectivity index (χ3n) is 3.48. The second kappa shape index (κ2) is 6.57. The Morgan fingerprint density at radius 1 is 1.37 bits per heavy atom. The van der Waals surface area contributed by atoms with Crippen molar-refractivity contribution in [2.24, 2.45) is 0 Å². The third kappa shape index (κ3) is 3.70. The predicted molar refractivity (Wildman–Crippen MR) is 76.4 cm³/mol. The number of nitrogens with one attached hydrogen (secondary N) is 2. The number of aryl methyl sites for hydroxylation is 2. The molecule has 0 radical (unpaired) electrons. The second-order valence-corrected chi connectivity index (χ2v) is 4.99. The summed E-state index contributed by atoms with van der Waals surface area (Å²) in [5.74, 6) is -0.00227. The summed E-state index contributed by atoms with van der Waals surface area (Å²) >= 11 is 0. The van der Waals surface area contributed by atoms with Gasteiger partial charge in [-0.15, -0.1) is 0 Å². The normalized spacial score (nSPS) is 14.8. The van der Waals surface area contributed by atoms with Gasteiger partial charge in [-0.25, -0.2) is 0 Å². The number of carbonyl (C=O) groups is 1. The highest BCUT2D eigenvalue weighted by molar-refractivity contribution is 5.84. The summed E-state index contributed by atoms with van der Waals surface area (Å²) in [6, 6.07) is 6.15. The first-order chi connectivity index (χ1) is 9.20. The van der Waals surface area contributed by atoms with Crippen LogP contribution < -0.4 is 10.6 Å². The number of hydrogen-bond donors (Lipinski definition) is 2. The summed E-state index contributed by atoms with van der Waals surface area (Å²) < 4.78 is 4.91. The Morgan fingerprint density at radius 3 is 2.95 bits per heavy atom. The maximum atomic E-state index is 11.8. The molecule has 0 fully saturated rings. The third-order valence-corrected chi connectivity index (χ3v) is 3.48. The molecule has 0 aromatic heterocycles. The Bertz CT molecular complexity index is 446. The van der Waals surface area contributed by atoms with E-state index in [9.17, 15) is 4.79 Å². The number of fused-ring (bicyclic) bond motifs is 1. The maximum Gasteiger partial charge on any atom is 0.242 e. The number of methoxy groups -OCH3 is 1. The molecule has 0 spiro atoms. The van der Waals surface area contributed by atoms with Gasteiger partial charge in [0.25, 0.3) is 0 Å². The van der Waals surface area contributed by atoms with Crippen LogP contribution in [0, 0.1) is 0 Å². The van der Waals surface area contributed by atoms with Crippen LogP contribution in [0.3, 0.4) is 0 Å². The van der Waals surface area contributed by atoms with Gasteiger partial charge in [0.2, 0.25) is 5.91 Å². The molecule has 1 amide bonds. The molecule has 104 valence electrons. The lowest BCUT2D eigenvalue weighted by Gasteiger charge is -2.16. The van der Waals surface area contributed by atoms with Gasteiger partial charge in [0.1, 0.15) is 6.04 Å². The lowest BCUT2D eigenvalue weighted by Crippen LogP contribution is -2.39. The summed E-state index contributed by atoms with van der Waals surface area (Å²) in [4.78, 5) is 11.8. The van der Waals surface area contributed by atoms with Crippen molar-refractivity contribution in [2.75, 3.05) is 25.6 Å².